The molecule has 8 heteroatoms. The molecule has 0 aromatic heterocycles. The fourth-order valence-electron chi connectivity index (χ4n) is 1.13. The van der Waals surface area contributed by atoms with E-state index < -0.39 is 27.2 Å². The van der Waals surface area contributed by atoms with Gasteiger partial charge in [-0.1, -0.05) is 12.1 Å². The molecule has 0 heterocycles. The lowest BCUT2D eigenvalue weighted by Gasteiger charge is -2.05. The molecule has 0 aliphatic carbocycles. The highest BCUT2D eigenvalue weighted by molar-refractivity contribution is 7.90. The van der Waals surface area contributed by atoms with Crippen molar-refractivity contribution in [3.63, 3.8) is 0 Å². The lowest BCUT2D eigenvalue weighted by molar-refractivity contribution is -0.133. The van der Waals surface area contributed by atoms with Crippen LogP contribution in [-0.4, -0.2) is 29.4 Å². The molecule has 1 rings (SSSR count). The number of carbonyl (C=O) groups excluding carboxylic acids is 1. The molecule has 0 aliphatic heterocycles. The molecule has 6 nitrogen and oxygen atoms in total. The predicted octanol–water partition coefficient (Wildman–Crippen LogP) is -0.0301. The maximum Gasteiger partial charge on any atom is 0.323 e. The third-order valence-electron chi connectivity index (χ3n) is 1.86. The predicted molar refractivity (Wildman–Crippen MR) is 58.3 cm³/mol. The highest BCUT2D eigenvalue weighted by Crippen LogP contribution is 2.11. The Morgan fingerprint density at radius 1 is 1.35 bits per heavy atom. The van der Waals surface area contributed by atoms with E-state index in [1.807, 2.05) is 0 Å². The Balaban J connectivity index is 2.76. The van der Waals surface area contributed by atoms with Crippen molar-refractivity contribution in [2.75, 3.05) is 6.26 Å². The first kappa shape index (κ1) is 13.8. The quantitative estimate of drug-likeness (QED) is 0.716. The molecule has 0 saturated carbocycles. The summed E-state index contributed by atoms with van der Waals surface area (Å²) >= 11 is -2.88. The van der Waals surface area contributed by atoms with Crippen LogP contribution >= 0.6 is 0 Å². The Morgan fingerprint density at radius 3 is 2.29 bits per heavy atom. The first-order valence-electron chi connectivity index (χ1n) is 4.38. The summed E-state index contributed by atoms with van der Waals surface area (Å²) in [4.78, 5) is 11.1. The number of hydrogen-bond donors (Lipinski definition) is 0. The zero-order valence-corrected chi connectivity index (χ0v) is 10.4. The van der Waals surface area contributed by atoms with Crippen LogP contribution in [0.4, 0.5) is 0 Å². The molecule has 0 saturated heterocycles. The van der Waals surface area contributed by atoms with E-state index in [1.54, 1.807) is 0 Å². The summed E-state index contributed by atoms with van der Waals surface area (Å²) < 4.78 is 46.3. The van der Waals surface area contributed by atoms with Crippen LogP contribution in [0.3, 0.4) is 0 Å². The van der Waals surface area contributed by atoms with Crippen molar-refractivity contribution in [3.05, 3.63) is 29.8 Å². The standard InChI is InChI=1S/C9H10O6S2/c1-17(13,14)8-4-2-7(3-5-8)6-9(10)15-16(11)12/h2-5H,6H2,1H3,(H,11,12)/p-1. The molecule has 1 aromatic rings. The van der Waals surface area contributed by atoms with Crippen LogP contribution in [0.15, 0.2) is 29.2 Å². The van der Waals surface area contributed by atoms with Gasteiger partial charge in [-0.2, -0.15) is 0 Å². The Bertz CT molecular complexity index is 531. The summed E-state index contributed by atoms with van der Waals surface area (Å²) in [6.45, 7) is 0. The van der Waals surface area contributed by atoms with E-state index in [4.69, 9.17) is 0 Å². The molecule has 0 bridgehead atoms. The van der Waals surface area contributed by atoms with Gasteiger partial charge in [0.2, 0.25) is 0 Å². The third kappa shape index (κ3) is 4.63. The van der Waals surface area contributed by atoms with E-state index in [2.05, 4.69) is 4.18 Å². The molecule has 0 N–H and O–H groups in total. The van der Waals surface area contributed by atoms with Crippen molar-refractivity contribution in [1.29, 1.82) is 0 Å². The fraction of sp³-hybridized carbons (Fsp3) is 0.222. The number of rotatable bonds is 4. The molecule has 0 aliphatic rings. The van der Waals surface area contributed by atoms with Gasteiger partial charge < -0.3 is 8.74 Å². The molecule has 0 radical (unpaired) electrons. The van der Waals surface area contributed by atoms with Crippen LogP contribution in [-0.2, 0) is 36.6 Å². The normalized spacial score (nSPS) is 13.1. The van der Waals surface area contributed by atoms with Crippen molar-refractivity contribution in [1.82, 2.24) is 0 Å². The molecule has 0 amide bonds. The summed E-state index contributed by atoms with van der Waals surface area (Å²) in [5.74, 6) is -0.926. The van der Waals surface area contributed by atoms with Gasteiger partial charge in [-0.15, -0.1) is 0 Å². The van der Waals surface area contributed by atoms with E-state index in [1.165, 1.54) is 24.3 Å². The van der Waals surface area contributed by atoms with Crippen molar-refractivity contribution in [3.8, 4) is 0 Å². The maximum atomic E-state index is 11.1. The number of carbonyl (C=O) groups is 1. The van der Waals surface area contributed by atoms with E-state index in [0.717, 1.165) is 6.26 Å². The van der Waals surface area contributed by atoms with Gasteiger partial charge in [0, 0.05) is 6.26 Å². The molecule has 17 heavy (non-hydrogen) atoms. The Kier molecular flexibility index (Phi) is 4.38. The average Bonchev–Trinajstić information content (AvgIpc) is 2.15. The van der Waals surface area contributed by atoms with Gasteiger partial charge in [-0.05, 0) is 17.7 Å². The van der Waals surface area contributed by atoms with Gasteiger partial charge in [0.25, 0.3) is 0 Å². The van der Waals surface area contributed by atoms with Crippen LogP contribution in [0.5, 0.6) is 0 Å². The molecular formula is C9H9O6S2-. The van der Waals surface area contributed by atoms with Gasteiger partial charge in [-0.25, -0.2) is 12.6 Å². The summed E-state index contributed by atoms with van der Waals surface area (Å²) in [5.41, 5.74) is 0.466. The van der Waals surface area contributed by atoms with Crippen LogP contribution in [0, 0.1) is 0 Å². The third-order valence-corrected chi connectivity index (χ3v) is 3.31. The van der Waals surface area contributed by atoms with Gasteiger partial charge in [0.1, 0.15) is 11.4 Å². The first-order valence-corrected chi connectivity index (χ1v) is 7.27. The lowest BCUT2D eigenvalue weighted by atomic mass is 10.2. The molecule has 1 unspecified atom stereocenters. The van der Waals surface area contributed by atoms with Gasteiger partial charge >= 0.3 is 5.97 Å². The molecule has 94 valence electrons. The monoisotopic (exact) mass is 277 g/mol. The molecule has 1 atom stereocenters. The minimum atomic E-state index is -3.28. The summed E-state index contributed by atoms with van der Waals surface area (Å²) in [5, 5.41) is 0. The van der Waals surface area contributed by atoms with Crippen molar-refractivity contribution in [2.24, 2.45) is 0 Å². The highest BCUT2D eigenvalue weighted by Gasteiger charge is 2.09. The van der Waals surface area contributed by atoms with Crippen LogP contribution in [0.25, 0.3) is 0 Å². The second kappa shape index (κ2) is 5.39. The van der Waals surface area contributed by atoms with E-state index in [0.29, 0.717) is 5.56 Å². The van der Waals surface area contributed by atoms with Crippen molar-refractivity contribution < 1.29 is 26.2 Å². The maximum absolute atomic E-state index is 11.1. The topological polar surface area (TPSA) is 101 Å². The van der Waals surface area contributed by atoms with E-state index in [9.17, 15) is 22.0 Å². The minimum Gasteiger partial charge on any atom is -0.740 e. The number of sulfone groups is 1. The van der Waals surface area contributed by atoms with E-state index >= 15 is 0 Å². The number of benzene rings is 1. The number of hydrogen-bond acceptors (Lipinski definition) is 6. The van der Waals surface area contributed by atoms with Gasteiger partial charge in [0.05, 0.1) is 11.3 Å². The smallest absolute Gasteiger partial charge is 0.323 e. The van der Waals surface area contributed by atoms with Crippen LogP contribution in [0.2, 0.25) is 0 Å². The Labute approximate surface area is 101 Å². The Hall–Kier alpha value is -1.25. The average molecular weight is 277 g/mol. The van der Waals surface area contributed by atoms with Crippen LogP contribution < -0.4 is 0 Å². The van der Waals surface area contributed by atoms with Gasteiger partial charge in [-0.3, -0.25) is 4.79 Å². The van der Waals surface area contributed by atoms with Crippen molar-refractivity contribution in [2.45, 2.75) is 11.3 Å². The summed E-state index contributed by atoms with van der Waals surface area (Å²) in [6, 6.07) is 5.52. The van der Waals surface area contributed by atoms with E-state index in [-0.39, 0.29) is 11.3 Å². The second-order valence-corrected chi connectivity index (χ2v) is 5.84. The molecular weight excluding hydrogens is 268 g/mol. The first-order chi connectivity index (χ1) is 7.79. The lowest BCUT2D eigenvalue weighted by Crippen LogP contribution is -2.09. The molecule has 0 fully saturated rings. The zero-order valence-electron chi connectivity index (χ0n) is 8.78. The highest BCUT2D eigenvalue weighted by atomic mass is 32.2. The van der Waals surface area contributed by atoms with Gasteiger partial charge in [0.15, 0.2) is 9.84 Å². The molecule has 1 aromatic carbocycles. The summed E-state index contributed by atoms with van der Waals surface area (Å²) in [7, 11) is -3.28. The summed E-state index contributed by atoms with van der Waals surface area (Å²) in [6.07, 6.45) is 0.828. The molecule has 0 spiro atoms. The fourth-order valence-corrected chi connectivity index (χ4v) is 1.97. The second-order valence-electron chi connectivity index (χ2n) is 3.25. The van der Waals surface area contributed by atoms with Crippen molar-refractivity contribution >= 4 is 27.2 Å². The van der Waals surface area contributed by atoms with Crippen LogP contribution in [0.1, 0.15) is 5.56 Å². The SMILES string of the molecule is CS(=O)(=O)c1ccc(CC(=O)OS(=O)[O-])cc1. The zero-order chi connectivity index (χ0) is 13.1. The largest absolute Gasteiger partial charge is 0.740 e. The Morgan fingerprint density at radius 2 is 1.88 bits per heavy atom. The minimum absolute atomic E-state index is 0.127.